The molecule has 29 heavy (non-hydrogen) atoms. The number of carbonyl (C=O) groups excluding carboxylic acids is 3. The third-order valence-corrected chi connectivity index (χ3v) is 5.82. The molecule has 1 aromatic carbocycles. The van der Waals surface area contributed by atoms with Gasteiger partial charge in [-0.1, -0.05) is 18.2 Å². The van der Waals surface area contributed by atoms with Gasteiger partial charge < -0.3 is 20.3 Å². The monoisotopic (exact) mass is 400 g/mol. The Bertz CT molecular complexity index is 789. The summed E-state index contributed by atoms with van der Waals surface area (Å²) in [5.41, 5.74) is 2.58. The summed E-state index contributed by atoms with van der Waals surface area (Å²) < 4.78 is 5.82. The second-order valence-corrected chi connectivity index (χ2v) is 7.87. The van der Waals surface area contributed by atoms with Crippen molar-refractivity contribution in [1.82, 2.24) is 20.9 Å². The van der Waals surface area contributed by atoms with Crippen LogP contribution in [-0.4, -0.2) is 61.0 Å². The number of benzene rings is 1. The minimum atomic E-state index is -0.576. The van der Waals surface area contributed by atoms with Gasteiger partial charge in [-0.05, 0) is 43.5 Å². The van der Waals surface area contributed by atoms with E-state index in [1.807, 2.05) is 18.2 Å². The maximum atomic E-state index is 13.1. The predicted octanol–water partition coefficient (Wildman–Crippen LogP) is 0.306. The van der Waals surface area contributed by atoms with Crippen LogP contribution in [-0.2, 0) is 27.4 Å². The Morgan fingerprint density at radius 3 is 3.00 bits per heavy atom. The number of amides is 3. The van der Waals surface area contributed by atoms with Gasteiger partial charge in [-0.25, -0.2) is 0 Å². The van der Waals surface area contributed by atoms with E-state index in [2.05, 4.69) is 16.0 Å². The molecular formula is C21H28N4O4. The highest BCUT2D eigenvalue weighted by Gasteiger charge is 2.39. The van der Waals surface area contributed by atoms with E-state index in [0.29, 0.717) is 25.1 Å². The molecule has 2 fully saturated rings. The largest absolute Gasteiger partial charge is 0.377 e. The molecule has 3 heterocycles. The van der Waals surface area contributed by atoms with E-state index in [4.69, 9.17) is 4.74 Å². The van der Waals surface area contributed by atoms with Crippen molar-refractivity contribution in [3.05, 3.63) is 34.9 Å². The molecule has 8 heteroatoms. The molecule has 156 valence electrons. The fraction of sp³-hybridized carbons (Fsp3) is 0.571. The third-order valence-electron chi connectivity index (χ3n) is 5.82. The first kappa shape index (κ1) is 20.0. The van der Waals surface area contributed by atoms with Crippen LogP contribution >= 0.6 is 0 Å². The summed E-state index contributed by atoms with van der Waals surface area (Å²) in [5.74, 6) is -0.768. The molecule has 3 aliphatic rings. The number of carbonyl (C=O) groups is 3. The molecule has 4 rings (SSSR count). The third kappa shape index (κ3) is 4.49. The molecule has 0 aliphatic carbocycles. The lowest BCUT2D eigenvalue weighted by Gasteiger charge is -2.29. The minimum absolute atomic E-state index is 0.122. The smallest absolute Gasteiger partial charge is 0.255 e. The van der Waals surface area contributed by atoms with Crippen LogP contribution in [0.4, 0.5) is 0 Å². The first-order chi connectivity index (χ1) is 14.1. The van der Waals surface area contributed by atoms with Gasteiger partial charge in [0.05, 0.1) is 6.10 Å². The Kier molecular flexibility index (Phi) is 6.22. The average Bonchev–Trinajstić information content (AvgIpc) is 2.88. The molecule has 0 radical (unpaired) electrons. The Hall–Kier alpha value is -2.29. The van der Waals surface area contributed by atoms with Crippen LogP contribution in [0.2, 0.25) is 0 Å². The number of hydrogen-bond donors (Lipinski definition) is 3. The Morgan fingerprint density at radius 1 is 1.24 bits per heavy atom. The Morgan fingerprint density at radius 2 is 2.14 bits per heavy atom. The molecular weight excluding hydrogens is 372 g/mol. The van der Waals surface area contributed by atoms with Crippen LogP contribution in [0.5, 0.6) is 0 Å². The van der Waals surface area contributed by atoms with Crippen LogP contribution in [0.15, 0.2) is 18.2 Å². The van der Waals surface area contributed by atoms with Crippen LogP contribution < -0.4 is 16.0 Å². The summed E-state index contributed by atoms with van der Waals surface area (Å²) in [6.45, 7) is 4.50. The van der Waals surface area contributed by atoms with Gasteiger partial charge >= 0.3 is 0 Å². The molecule has 3 aliphatic heterocycles. The fourth-order valence-electron chi connectivity index (χ4n) is 4.28. The van der Waals surface area contributed by atoms with Crippen LogP contribution in [0, 0.1) is 0 Å². The molecule has 0 saturated carbocycles. The van der Waals surface area contributed by atoms with Crippen molar-refractivity contribution in [3.63, 3.8) is 0 Å². The zero-order valence-electron chi connectivity index (χ0n) is 16.5. The normalized spacial score (nSPS) is 25.0. The highest BCUT2D eigenvalue weighted by atomic mass is 16.5. The van der Waals surface area contributed by atoms with E-state index >= 15 is 0 Å². The zero-order valence-corrected chi connectivity index (χ0v) is 16.5. The summed E-state index contributed by atoms with van der Waals surface area (Å²) in [6, 6.07) is 5.28. The molecule has 2 unspecified atom stereocenters. The fourth-order valence-corrected chi connectivity index (χ4v) is 4.28. The van der Waals surface area contributed by atoms with Crippen LogP contribution in [0.1, 0.15) is 47.2 Å². The summed E-state index contributed by atoms with van der Waals surface area (Å²) in [4.78, 5) is 38.3. The summed E-state index contributed by atoms with van der Waals surface area (Å²) in [7, 11) is 0. The van der Waals surface area contributed by atoms with Gasteiger partial charge in [0.15, 0.2) is 0 Å². The quantitative estimate of drug-likeness (QED) is 0.469. The highest BCUT2D eigenvalue weighted by Crippen LogP contribution is 2.29. The van der Waals surface area contributed by atoms with Crippen LogP contribution in [0.3, 0.4) is 0 Å². The Labute approximate surface area is 170 Å². The van der Waals surface area contributed by atoms with E-state index in [0.717, 1.165) is 50.2 Å². The highest BCUT2D eigenvalue weighted by molar-refractivity contribution is 6.05. The number of nitrogens with one attached hydrogen (secondary N) is 3. The number of rotatable bonds is 6. The number of hydrogen-bond acceptors (Lipinski definition) is 6. The van der Waals surface area contributed by atoms with Gasteiger partial charge in [0.2, 0.25) is 11.8 Å². The second kappa shape index (κ2) is 9.02. The number of fused-ring (bicyclic) bond motifs is 1. The molecule has 2 saturated heterocycles. The van der Waals surface area contributed by atoms with E-state index in [1.165, 1.54) is 0 Å². The minimum Gasteiger partial charge on any atom is -0.377 e. The zero-order chi connectivity index (χ0) is 20.2. The lowest BCUT2D eigenvalue weighted by Crippen LogP contribution is -2.52. The van der Waals surface area contributed by atoms with E-state index < -0.39 is 6.04 Å². The number of ether oxygens (including phenoxy) is 1. The predicted molar refractivity (Wildman–Crippen MR) is 106 cm³/mol. The molecule has 3 N–H and O–H groups in total. The molecule has 8 nitrogen and oxygen atoms in total. The maximum Gasteiger partial charge on any atom is 0.255 e. The van der Waals surface area contributed by atoms with E-state index in [9.17, 15) is 14.4 Å². The summed E-state index contributed by atoms with van der Waals surface area (Å²) >= 11 is 0. The van der Waals surface area contributed by atoms with E-state index in [1.54, 1.807) is 4.90 Å². The van der Waals surface area contributed by atoms with Gasteiger partial charge in [-0.2, -0.15) is 0 Å². The van der Waals surface area contributed by atoms with Crippen LogP contribution in [0.25, 0.3) is 0 Å². The molecule has 3 amide bonds. The van der Waals surface area contributed by atoms with Crippen molar-refractivity contribution in [1.29, 1.82) is 0 Å². The average molecular weight is 400 g/mol. The van der Waals surface area contributed by atoms with Gasteiger partial charge in [0.1, 0.15) is 6.04 Å². The molecule has 2 atom stereocenters. The summed E-state index contributed by atoms with van der Waals surface area (Å²) in [5, 5.41) is 9.15. The number of imide groups is 1. The molecule has 1 aromatic rings. The van der Waals surface area contributed by atoms with E-state index in [-0.39, 0.29) is 30.2 Å². The van der Waals surface area contributed by atoms with Crippen molar-refractivity contribution in [2.45, 2.75) is 50.9 Å². The molecule has 0 aromatic heterocycles. The number of piperidine rings is 1. The molecule has 0 bridgehead atoms. The topological polar surface area (TPSA) is 99.8 Å². The maximum absolute atomic E-state index is 13.1. The number of nitrogens with zero attached hydrogens (tertiary/aromatic N) is 1. The summed E-state index contributed by atoms with van der Waals surface area (Å²) in [6.07, 6.45) is 2.83. The van der Waals surface area contributed by atoms with Crippen molar-refractivity contribution in [3.8, 4) is 0 Å². The van der Waals surface area contributed by atoms with Crippen molar-refractivity contribution in [2.24, 2.45) is 0 Å². The standard InChI is InChI=1S/C21H28N4O4/c26-18-6-5-17(20(27)24-18)25-13-15-4-1-3-14(19(15)21(25)28)11-23-9-7-16-12-22-8-2-10-29-16/h1,3-4,16-17,22-23H,2,5-13H2,(H,24,26,27). The van der Waals surface area contributed by atoms with Crippen molar-refractivity contribution >= 4 is 17.7 Å². The first-order valence-corrected chi connectivity index (χ1v) is 10.4. The molecule has 0 spiro atoms. The van der Waals surface area contributed by atoms with Gasteiger partial charge in [-0.3, -0.25) is 19.7 Å². The second-order valence-electron chi connectivity index (χ2n) is 7.87. The Balaban J connectivity index is 1.36. The van der Waals surface area contributed by atoms with Gasteiger partial charge in [0.25, 0.3) is 5.91 Å². The first-order valence-electron chi connectivity index (χ1n) is 10.4. The SMILES string of the molecule is O=C1CCC(N2Cc3cccc(CNCCC4CNCCCO4)c3C2=O)C(=O)N1. The lowest BCUT2D eigenvalue weighted by molar-refractivity contribution is -0.136. The van der Waals surface area contributed by atoms with Crippen molar-refractivity contribution in [2.75, 3.05) is 26.2 Å². The lowest BCUT2D eigenvalue weighted by atomic mass is 10.0. The van der Waals surface area contributed by atoms with Gasteiger partial charge in [0, 0.05) is 38.2 Å². The van der Waals surface area contributed by atoms with Gasteiger partial charge in [-0.15, -0.1) is 0 Å². The van der Waals surface area contributed by atoms with Crippen molar-refractivity contribution < 1.29 is 19.1 Å².